The number of rotatable bonds is 5. The number of hydrogen-bond donors (Lipinski definition) is 1. The minimum absolute atomic E-state index is 0.827. The summed E-state index contributed by atoms with van der Waals surface area (Å²) >= 11 is 0. The zero-order valence-electron chi connectivity index (χ0n) is 8.47. The first-order chi connectivity index (χ1) is 5.84. The molecule has 1 fully saturated rings. The highest BCUT2D eigenvalue weighted by atomic mass is 15.2. The quantitative estimate of drug-likeness (QED) is 0.629. The Morgan fingerprint density at radius 2 is 2.25 bits per heavy atom. The Labute approximate surface area is 76.3 Å². The van der Waals surface area contributed by atoms with E-state index in [9.17, 15) is 0 Å². The van der Waals surface area contributed by atoms with Gasteiger partial charge in [0, 0.05) is 19.1 Å². The van der Waals surface area contributed by atoms with Crippen LogP contribution in [0.3, 0.4) is 0 Å². The van der Waals surface area contributed by atoms with E-state index in [1.807, 2.05) is 0 Å². The highest BCUT2D eigenvalue weighted by Crippen LogP contribution is 2.14. The maximum Gasteiger partial charge on any atom is 0.0110 e. The van der Waals surface area contributed by atoms with E-state index < -0.39 is 0 Å². The van der Waals surface area contributed by atoms with Crippen LogP contribution < -0.4 is 5.32 Å². The topological polar surface area (TPSA) is 15.3 Å². The molecule has 12 heavy (non-hydrogen) atoms. The second kappa shape index (κ2) is 5.55. The van der Waals surface area contributed by atoms with Crippen molar-refractivity contribution in [1.82, 2.24) is 10.2 Å². The lowest BCUT2D eigenvalue weighted by atomic mass is 10.2. The molecule has 1 aliphatic rings. The fourth-order valence-electron chi connectivity index (χ4n) is 1.85. The van der Waals surface area contributed by atoms with Crippen LogP contribution in [-0.2, 0) is 0 Å². The summed E-state index contributed by atoms with van der Waals surface area (Å²) in [6.07, 6.45) is 4.04. The van der Waals surface area contributed by atoms with Crippen molar-refractivity contribution in [3.63, 3.8) is 0 Å². The van der Waals surface area contributed by atoms with E-state index in [-0.39, 0.29) is 0 Å². The third kappa shape index (κ3) is 3.11. The Hall–Kier alpha value is -0.0800. The van der Waals surface area contributed by atoms with Gasteiger partial charge in [0.15, 0.2) is 0 Å². The van der Waals surface area contributed by atoms with Gasteiger partial charge < -0.3 is 5.32 Å². The van der Waals surface area contributed by atoms with E-state index in [0.717, 1.165) is 12.6 Å². The highest BCUT2D eigenvalue weighted by Gasteiger charge is 2.18. The Bertz CT molecular complexity index is 114. The first kappa shape index (κ1) is 10.0. The van der Waals surface area contributed by atoms with Gasteiger partial charge >= 0.3 is 0 Å². The molecular formula is C10H22N2. The molecule has 2 heteroatoms. The van der Waals surface area contributed by atoms with Gasteiger partial charge in [-0.05, 0) is 39.3 Å². The molecule has 1 N–H and O–H groups in total. The predicted molar refractivity (Wildman–Crippen MR) is 53.4 cm³/mol. The van der Waals surface area contributed by atoms with Gasteiger partial charge in [-0.1, -0.05) is 6.92 Å². The molecule has 1 atom stereocenters. The summed E-state index contributed by atoms with van der Waals surface area (Å²) in [6.45, 7) is 9.44. The molecule has 1 unspecified atom stereocenters. The molecule has 1 aliphatic heterocycles. The molecule has 0 aromatic heterocycles. The summed E-state index contributed by atoms with van der Waals surface area (Å²) in [5.74, 6) is 0. The van der Waals surface area contributed by atoms with Crippen molar-refractivity contribution in [2.24, 2.45) is 0 Å². The lowest BCUT2D eigenvalue weighted by Gasteiger charge is -2.20. The Morgan fingerprint density at radius 3 is 2.83 bits per heavy atom. The molecule has 1 heterocycles. The van der Waals surface area contributed by atoms with Crippen molar-refractivity contribution in [3.8, 4) is 0 Å². The summed E-state index contributed by atoms with van der Waals surface area (Å²) in [7, 11) is 0. The molecule has 0 spiro atoms. The molecular weight excluding hydrogens is 148 g/mol. The zero-order valence-corrected chi connectivity index (χ0v) is 8.47. The van der Waals surface area contributed by atoms with Gasteiger partial charge in [-0.3, -0.25) is 4.90 Å². The van der Waals surface area contributed by atoms with Crippen molar-refractivity contribution >= 4 is 0 Å². The zero-order chi connectivity index (χ0) is 8.81. The van der Waals surface area contributed by atoms with Crippen LogP contribution >= 0.6 is 0 Å². The van der Waals surface area contributed by atoms with E-state index in [4.69, 9.17) is 0 Å². The molecule has 0 aliphatic carbocycles. The van der Waals surface area contributed by atoms with Crippen molar-refractivity contribution in [2.75, 3.05) is 26.2 Å². The molecule has 0 amide bonds. The van der Waals surface area contributed by atoms with Gasteiger partial charge in [-0.15, -0.1) is 0 Å². The van der Waals surface area contributed by atoms with Crippen LogP contribution in [-0.4, -0.2) is 37.1 Å². The molecule has 0 radical (unpaired) electrons. The lowest BCUT2D eigenvalue weighted by Crippen LogP contribution is -2.34. The van der Waals surface area contributed by atoms with E-state index in [2.05, 4.69) is 24.1 Å². The SMILES string of the molecule is CCCNCCN1CCCC1C. The molecule has 1 rings (SSSR count). The van der Waals surface area contributed by atoms with Crippen LogP contribution in [0.2, 0.25) is 0 Å². The Morgan fingerprint density at radius 1 is 1.42 bits per heavy atom. The summed E-state index contributed by atoms with van der Waals surface area (Å²) in [5, 5.41) is 3.44. The fourth-order valence-corrected chi connectivity index (χ4v) is 1.85. The monoisotopic (exact) mass is 170 g/mol. The van der Waals surface area contributed by atoms with E-state index in [1.165, 1.54) is 38.9 Å². The largest absolute Gasteiger partial charge is 0.315 e. The van der Waals surface area contributed by atoms with E-state index in [1.54, 1.807) is 0 Å². The maximum atomic E-state index is 3.44. The summed E-state index contributed by atoms with van der Waals surface area (Å²) in [4.78, 5) is 2.59. The van der Waals surface area contributed by atoms with Crippen LogP contribution in [0, 0.1) is 0 Å². The minimum Gasteiger partial charge on any atom is -0.315 e. The first-order valence-corrected chi connectivity index (χ1v) is 5.29. The summed E-state index contributed by atoms with van der Waals surface area (Å²) in [6, 6.07) is 0.827. The van der Waals surface area contributed by atoms with Crippen LogP contribution in [0.1, 0.15) is 33.1 Å². The fraction of sp³-hybridized carbons (Fsp3) is 1.00. The van der Waals surface area contributed by atoms with Crippen molar-refractivity contribution in [2.45, 2.75) is 39.2 Å². The van der Waals surface area contributed by atoms with Gasteiger partial charge in [0.1, 0.15) is 0 Å². The van der Waals surface area contributed by atoms with Crippen LogP contribution in [0.4, 0.5) is 0 Å². The van der Waals surface area contributed by atoms with Crippen molar-refractivity contribution in [3.05, 3.63) is 0 Å². The Kier molecular flexibility index (Phi) is 4.62. The lowest BCUT2D eigenvalue weighted by molar-refractivity contribution is 0.268. The van der Waals surface area contributed by atoms with Crippen molar-refractivity contribution < 1.29 is 0 Å². The molecule has 2 nitrogen and oxygen atoms in total. The molecule has 0 aromatic carbocycles. The first-order valence-electron chi connectivity index (χ1n) is 5.29. The standard InChI is InChI=1S/C10H22N2/c1-3-6-11-7-9-12-8-4-5-10(12)2/h10-11H,3-9H2,1-2H3. The van der Waals surface area contributed by atoms with Gasteiger partial charge in [0.2, 0.25) is 0 Å². The average molecular weight is 170 g/mol. The molecule has 1 saturated heterocycles. The molecule has 0 bridgehead atoms. The van der Waals surface area contributed by atoms with E-state index >= 15 is 0 Å². The number of hydrogen-bond acceptors (Lipinski definition) is 2. The summed E-state index contributed by atoms with van der Waals surface area (Å²) < 4.78 is 0. The molecule has 72 valence electrons. The maximum absolute atomic E-state index is 3.44. The summed E-state index contributed by atoms with van der Waals surface area (Å²) in [5.41, 5.74) is 0. The third-order valence-corrected chi connectivity index (χ3v) is 2.69. The predicted octanol–water partition coefficient (Wildman–Crippen LogP) is 1.47. The van der Waals surface area contributed by atoms with Gasteiger partial charge in [-0.25, -0.2) is 0 Å². The Balaban J connectivity index is 1.98. The number of likely N-dealkylation sites (tertiary alicyclic amines) is 1. The van der Waals surface area contributed by atoms with Gasteiger partial charge in [-0.2, -0.15) is 0 Å². The number of nitrogens with zero attached hydrogens (tertiary/aromatic N) is 1. The van der Waals surface area contributed by atoms with Gasteiger partial charge in [0.05, 0.1) is 0 Å². The highest BCUT2D eigenvalue weighted by molar-refractivity contribution is 4.75. The normalized spacial score (nSPS) is 25.0. The van der Waals surface area contributed by atoms with E-state index in [0.29, 0.717) is 0 Å². The van der Waals surface area contributed by atoms with Crippen molar-refractivity contribution in [1.29, 1.82) is 0 Å². The molecule has 0 aromatic rings. The minimum atomic E-state index is 0.827. The number of nitrogens with one attached hydrogen (secondary N) is 1. The average Bonchev–Trinajstić information content (AvgIpc) is 2.46. The van der Waals surface area contributed by atoms with Gasteiger partial charge in [0.25, 0.3) is 0 Å². The third-order valence-electron chi connectivity index (χ3n) is 2.69. The van der Waals surface area contributed by atoms with Crippen LogP contribution in [0.5, 0.6) is 0 Å². The second-order valence-electron chi connectivity index (χ2n) is 3.78. The second-order valence-corrected chi connectivity index (χ2v) is 3.78. The van der Waals surface area contributed by atoms with Crippen LogP contribution in [0.15, 0.2) is 0 Å². The van der Waals surface area contributed by atoms with Crippen LogP contribution in [0.25, 0.3) is 0 Å². The molecule has 0 saturated carbocycles. The smallest absolute Gasteiger partial charge is 0.0110 e.